The Morgan fingerprint density at radius 1 is 1.54 bits per heavy atom. The Kier molecular flexibility index (Phi) is 4.67. The molecule has 0 spiro atoms. The van der Waals surface area contributed by atoms with Crippen LogP contribution < -0.4 is 10.3 Å². The van der Waals surface area contributed by atoms with Gasteiger partial charge in [-0.15, -0.1) is 0 Å². The van der Waals surface area contributed by atoms with Gasteiger partial charge in [-0.2, -0.15) is 0 Å². The molecule has 0 aromatic rings. The first-order valence-corrected chi connectivity index (χ1v) is 5.20. The van der Waals surface area contributed by atoms with Crippen molar-refractivity contribution in [2.24, 2.45) is 9.98 Å². The van der Waals surface area contributed by atoms with Gasteiger partial charge in [0.1, 0.15) is 0 Å². The van der Waals surface area contributed by atoms with E-state index in [2.05, 4.69) is 43.1 Å². The van der Waals surface area contributed by atoms with Crippen LogP contribution in [0.25, 0.3) is 0 Å². The van der Waals surface area contributed by atoms with Crippen LogP contribution in [-0.2, 0) is 0 Å². The van der Waals surface area contributed by atoms with Gasteiger partial charge in [-0.25, -0.2) is 0 Å². The van der Waals surface area contributed by atoms with Crippen molar-refractivity contribution in [2.75, 3.05) is 6.54 Å². The zero-order valence-corrected chi connectivity index (χ0v) is 9.21. The van der Waals surface area contributed by atoms with E-state index < -0.39 is 0 Å². The number of rotatable bonds is 4. The van der Waals surface area contributed by atoms with Crippen LogP contribution in [0.5, 0.6) is 0 Å². The lowest BCUT2D eigenvalue weighted by molar-refractivity contribution is 0.693. The summed E-state index contributed by atoms with van der Waals surface area (Å²) in [5.74, 6) is 0.637. The van der Waals surface area contributed by atoms with Gasteiger partial charge < -0.3 is 0 Å². The van der Waals surface area contributed by atoms with Crippen LogP contribution in [0.1, 0.15) is 26.2 Å². The molecular formula is C8H13BrN4+. The lowest BCUT2D eigenvalue weighted by atomic mass is 10.2. The van der Waals surface area contributed by atoms with Gasteiger partial charge in [0.2, 0.25) is 6.34 Å². The van der Waals surface area contributed by atoms with E-state index in [-0.39, 0.29) is 0 Å². The average Bonchev–Trinajstić information content (AvgIpc) is 2.13. The molecule has 0 aromatic carbocycles. The van der Waals surface area contributed by atoms with Crippen LogP contribution in [0.15, 0.2) is 9.98 Å². The quantitative estimate of drug-likeness (QED) is 0.588. The molecule has 0 aromatic heterocycles. The summed E-state index contributed by atoms with van der Waals surface area (Å²) in [6.07, 6.45) is 5.10. The Morgan fingerprint density at radius 3 is 3.08 bits per heavy atom. The van der Waals surface area contributed by atoms with Crippen molar-refractivity contribution in [3.05, 3.63) is 0 Å². The largest absolute Gasteiger partial charge is 0.381 e. The molecule has 5 heteroatoms. The molecule has 0 saturated heterocycles. The van der Waals surface area contributed by atoms with Crippen LogP contribution in [0.3, 0.4) is 0 Å². The van der Waals surface area contributed by atoms with Gasteiger partial charge in [0.15, 0.2) is 0 Å². The van der Waals surface area contributed by atoms with Crippen LogP contribution in [-0.4, -0.2) is 23.6 Å². The van der Waals surface area contributed by atoms with Crippen molar-refractivity contribution >= 4 is 33.0 Å². The topological polar surface area (TPSA) is 50.9 Å². The van der Waals surface area contributed by atoms with Gasteiger partial charge in [0, 0.05) is 15.9 Å². The maximum absolute atomic E-state index is 4.05. The summed E-state index contributed by atoms with van der Waals surface area (Å²) in [6, 6.07) is 0. The maximum atomic E-state index is 4.05. The first kappa shape index (κ1) is 10.4. The van der Waals surface area contributed by atoms with E-state index in [1.54, 1.807) is 0 Å². The highest BCUT2D eigenvalue weighted by molar-refractivity contribution is 9.18. The Hall–Kier alpha value is -0.710. The number of halogens is 1. The number of nitrogens with one attached hydrogen (secondary N) is 1. The fourth-order valence-electron chi connectivity index (χ4n) is 0.937. The van der Waals surface area contributed by atoms with E-state index in [9.17, 15) is 0 Å². The van der Waals surface area contributed by atoms with Crippen molar-refractivity contribution in [2.45, 2.75) is 26.2 Å². The predicted molar refractivity (Wildman–Crippen MR) is 59.5 cm³/mol. The predicted octanol–water partition coefficient (Wildman–Crippen LogP) is 1.25. The molecule has 71 valence electrons. The molecule has 1 aliphatic rings. The van der Waals surface area contributed by atoms with E-state index in [0.717, 1.165) is 13.0 Å². The molecule has 1 rings (SSSR count). The Bertz CT molecular complexity index is 245. The maximum Gasteiger partial charge on any atom is 0.381 e. The van der Waals surface area contributed by atoms with Crippen molar-refractivity contribution in [3.63, 3.8) is 0 Å². The van der Waals surface area contributed by atoms with E-state index in [0.29, 0.717) is 10.7 Å². The fraction of sp³-hybridized carbons (Fsp3) is 0.625. The molecule has 0 atom stereocenters. The Balaban J connectivity index is 2.23. The Morgan fingerprint density at radius 2 is 2.38 bits per heavy atom. The lowest BCUT2D eigenvalue weighted by Gasteiger charge is -1.98. The number of hydrogen-bond acceptors (Lipinski definition) is 4. The molecule has 1 aliphatic heterocycles. The van der Waals surface area contributed by atoms with Gasteiger partial charge in [-0.1, -0.05) is 34.7 Å². The third-order valence-electron chi connectivity index (χ3n) is 1.61. The zero-order valence-electron chi connectivity index (χ0n) is 7.63. The smallest absolute Gasteiger partial charge is 0.292 e. The molecular weight excluding hydrogens is 232 g/mol. The van der Waals surface area contributed by atoms with Gasteiger partial charge in [-0.3, -0.25) is 5.32 Å². The molecule has 1 N–H and O–H groups in total. The number of nitrogens with zero attached hydrogens (tertiary/aromatic N) is 3. The van der Waals surface area contributed by atoms with Crippen LogP contribution >= 0.6 is 15.9 Å². The molecule has 4 nitrogen and oxygen atoms in total. The molecule has 1 heterocycles. The second-order valence-electron chi connectivity index (χ2n) is 2.71. The molecule has 13 heavy (non-hydrogen) atoms. The lowest BCUT2D eigenvalue weighted by Crippen LogP contribution is -2.29. The Labute approximate surface area is 86.4 Å². The average molecular weight is 245 g/mol. The molecule has 0 fully saturated rings. The standard InChI is InChI=1S/C8H13BrN4/c1-2-3-4-5-10-8-12-6-11-7(9)13-8/h6H,2-5H2,1H3,(H,10,11,13)/q+1. The monoisotopic (exact) mass is 244 g/mol. The van der Waals surface area contributed by atoms with E-state index in [4.69, 9.17) is 0 Å². The number of hydrogen-bond donors (Lipinski definition) is 1. The summed E-state index contributed by atoms with van der Waals surface area (Å²) in [4.78, 5) is 11.9. The van der Waals surface area contributed by atoms with Crippen molar-refractivity contribution in [3.8, 4) is 0 Å². The molecule has 0 bridgehead atoms. The van der Waals surface area contributed by atoms with Gasteiger partial charge in [0.05, 0.1) is 6.54 Å². The molecule has 1 radical (unpaired) electrons. The summed E-state index contributed by atoms with van der Waals surface area (Å²) in [7, 11) is 0. The molecule has 0 aliphatic carbocycles. The summed E-state index contributed by atoms with van der Waals surface area (Å²) in [6.45, 7) is 3.10. The SMILES string of the molecule is CCCCCNC1=[N+]C=NC(Br)=N1. The van der Waals surface area contributed by atoms with Crippen LogP contribution in [0.2, 0.25) is 0 Å². The molecule has 0 amide bonds. The molecule has 0 saturated carbocycles. The minimum absolute atomic E-state index is 0.570. The third-order valence-corrected chi connectivity index (χ3v) is 1.99. The summed E-state index contributed by atoms with van der Waals surface area (Å²) >= 11 is 3.18. The number of amidine groups is 1. The first-order valence-electron chi connectivity index (χ1n) is 4.41. The summed E-state index contributed by atoms with van der Waals surface area (Å²) < 4.78 is 0.570. The highest BCUT2D eigenvalue weighted by Crippen LogP contribution is 1.94. The highest BCUT2D eigenvalue weighted by atomic mass is 79.9. The molecule has 0 unspecified atom stereocenters. The third kappa shape index (κ3) is 4.17. The van der Waals surface area contributed by atoms with E-state index >= 15 is 0 Å². The van der Waals surface area contributed by atoms with Crippen molar-refractivity contribution in [1.29, 1.82) is 0 Å². The summed E-state index contributed by atoms with van der Waals surface area (Å²) in [5.41, 5.74) is 0. The normalized spacial score (nSPS) is 15.2. The second-order valence-corrected chi connectivity index (χ2v) is 3.42. The minimum Gasteiger partial charge on any atom is -0.292 e. The summed E-state index contributed by atoms with van der Waals surface area (Å²) in [5, 5.41) is 3.13. The fourth-order valence-corrected chi connectivity index (χ4v) is 1.20. The zero-order chi connectivity index (χ0) is 9.52. The van der Waals surface area contributed by atoms with E-state index in [1.165, 1.54) is 19.2 Å². The highest BCUT2D eigenvalue weighted by Gasteiger charge is 2.10. The first-order chi connectivity index (χ1) is 6.33. The van der Waals surface area contributed by atoms with Gasteiger partial charge in [-0.05, 0) is 6.42 Å². The van der Waals surface area contributed by atoms with Crippen LogP contribution in [0, 0.1) is 0 Å². The number of unbranched alkanes of at least 4 members (excludes halogenated alkanes) is 2. The minimum atomic E-state index is 0.570. The van der Waals surface area contributed by atoms with E-state index in [1.807, 2.05) is 0 Å². The van der Waals surface area contributed by atoms with Crippen LogP contribution in [0.4, 0.5) is 0 Å². The number of guanidine groups is 1. The van der Waals surface area contributed by atoms with Crippen molar-refractivity contribution < 1.29 is 0 Å². The van der Waals surface area contributed by atoms with Gasteiger partial charge >= 0.3 is 10.7 Å². The number of aliphatic imine (C=N–C) groups is 3. The van der Waals surface area contributed by atoms with Crippen molar-refractivity contribution in [1.82, 2.24) is 10.3 Å². The second kappa shape index (κ2) is 5.85. The van der Waals surface area contributed by atoms with Gasteiger partial charge in [0.25, 0.3) is 0 Å².